The third kappa shape index (κ3) is 5.58. The van der Waals surface area contributed by atoms with Crippen LogP contribution in [0.25, 0.3) is 0 Å². The van der Waals surface area contributed by atoms with Crippen molar-refractivity contribution in [1.82, 2.24) is 15.5 Å². The molecule has 1 aromatic heterocycles. The Hall–Kier alpha value is -3.36. The van der Waals surface area contributed by atoms with Gasteiger partial charge >= 0.3 is 0 Å². The minimum atomic E-state index is -0.432. The topological polar surface area (TPSA) is 99.4 Å². The number of halogens is 1. The van der Waals surface area contributed by atoms with Gasteiger partial charge in [-0.25, -0.2) is 10.3 Å². The molecular weight excluding hydrogens is 435 g/mol. The van der Waals surface area contributed by atoms with Crippen LogP contribution in [0.2, 0.25) is 0 Å². The lowest BCUT2D eigenvalue weighted by atomic mass is 9.99. The molecule has 3 aromatic rings. The zero-order chi connectivity index (χ0) is 24.2. The van der Waals surface area contributed by atoms with Crippen LogP contribution in [0.15, 0.2) is 42.5 Å². The number of carbonyl (C=O) groups excluding carboxylic acids is 1. The van der Waals surface area contributed by atoms with Gasteiger partial charge in [-0.3, -0.25) is 4.79 Å². The van der Waals surface area contributed by atoms with Gasteiger partial charge < -0.3 is 14.9 Å². The molecule has 4 rings (SSSR count). The van der Waals surface area contributed by atoms with Gasteiger partial charge in [-0.05, 0) is 74.8 Å². The molecule has 1 atom stereocenters. The van der Waals surface area contributed by atoms with Crippen LogP contribution in [0.1, 0.15) is 57.1 Å². The summed E-state index contributed by atoms with van der Waals surface area (Å²) in [5.41, 5.74) is 4.67. The van der Waals surface area contributed by atoms with E-state index < -0.39 is 17.8 Å². The Morgan fingerprint density at radius 1 is 1.18 bits per heavy atom. The number of nitrogens with two attached hydrogens (primary N) is 1. The van der Waals surface area contributed by atoms with Crippen molar-refractivity contribution in [2.75, 3.05) is 6.61 Å². The molecule has 1 aliphatic carbocycles. The molecule has 7 nitrogen and oxygen atoms in total. The molecule has 8 heteroatoms. The molecule has 1 unspecified atom stereocenters. The summed E-state index contributed by atoms with van der Waals surface area (Å²) in [5.74, 6) is 4.66. The average molecular weight is 465 g/mol. The molecule has 1 fully saturated rings. The molecular formula is C26H29FN4O3. The Labute approximate surface area is 198 Å². The molecule has 1 saturated carbocycles. The van der Waals surface area contributed by atoms with E-state index in [0.29, 0.717) is 17.7 Å². The van der Waals surface area contributed by atoms with Crippen LogP contribution in [0.5, 0.6) is 11.6 Å². The van der Waals surface area contributed by atoms with Crippen molar-refractivity contribution in [2.45, 2.75) is 52.0 Å². The van der Waals surface area contributed by atoms with E-state index in [-0.39, 0.29) is 29.7 Å². The molecule has 1 heterocycles. The van der Waals surface area contributed by atoms with Crippen molar-refractivity contribution in [3.63, 3.8) is 0 Å². The summed E-state index contributed by atoms with van der Waals surface area (Å²) in [6, 6.07) is 12.3. The molecule has 0 aliphatic heterocycles. The summed E-state index contributed by atoms with van der Waals surface area (Å²) in [5, 5.41) is 11.0. The van der Waals surface area contributed by atoms with Crippen LogP contribution in [-0.2, 0) is 11.3 Å². The summed E-state index contributed by atoms with van der Waals surface area (Å²) in [7, 11) is 0. The number of carbonyl (C=O) groups is 1. The second-order valence-electron chi connectivity index (χ2n) is 8.88. The SMILES string of the molecule is Cc1ccc(CC(CON)NC(=O)c2cc(C)nnc2Oc2cccc(C3CC3)c2F)c(C)c1. The minimum Gasteiger partial charge on any atom is -0.434 e. The molecule has 0 spiro atoms. The molecule has 0 saturated heterocycles. The van der Waals surface area contributed by atoms with Crippen LogP contribution in [-0.4, -0.2) is 28.8 Å². The molecule has 178 valence electrons. The standard InChI is InChI=1S/C26H29FN4O3/c1-15-7-8-19(16(2)11-15)13-20(14-33-28)29-25(32)22-12-17(3)30-31-26(22)34-23-6-4-5-21(24(23)27)18-9-10-18/h4-8,11-12,18,20H,9-10,13-14,28H2,1-3H3,(H,29,32). The van der Waals surface area contributed by atoms with Gasteiger partial charge in [-0.15, -0.1) is 5.10 Å². The summed E-state index contributed by atoms with van der Waals surface area (Å²) < 4.78 is 20.7. The van der Waals surface area contributed by atoms with Gasteiger partial charge in [0.15, 0.2) is 11.6 Å². The lowest BCUT2D eigenvalue weighted by Gasteiger charge is -2.20. The second kappa shape index (κ2) is 10.3. The summed E-state index contributed by atoms with van der Waals surface area (Å²) >= 11 is 0. The molecule has 1 aliphatic rings. The van der Waals surface area contributed by atoms with Crippen molar-refractivity contribution in [2.24, 2.45) is 5.90 Å². The van der Waals surface area contributed by atoms with Gasteiger partial charge in [0, 0.05) is 0 Å². The van der Waals surface area contributed by atoms with Crippen LogP contribution in [0.4, 0.5) is 4.39 Å². The van der Waals surface area contributed by atoms with E-state index in [2.05, 4.69) is 21.6 Å². The average Bonchev–Trinajstić information content (AvgIpc) is 3.63. The fourth-order valence-corrected chi connectivity index (χ4v) is 4.01. The number of ether oxygens (including phenoxy) is 1. The highest BCUT2D eigenvalue weighted by atomic mass is 19.1. The van der Waals surface area contributed by atoms with E-state index >= 15 is 0 Å². The number of benzene rings is 2. The first kappa shape index (κ1) is 23.8. The van der Waals surface area contributed by atoms with Crippen LogP contribution >= 0.6 is 0 Å². The fourth-order valence-electron chi connectivity index (χ4n) is 4.01. The molecule has 3 N–H and O–H groups in total. The number of nitrogens with one attached hydrogen (secondary N) is 1. The first-order chi connectivity index (χ1) is 16.4. The maximum absolute atomic E-state index is 15.0. The van der Waals surface area contributed by atoms with Crippen LogP contribution < -0.4 is 16.0 Å². The number of nitrogens with zero attached hydrogens (tertiary/aromatic N) is 2. The normalized spacial score (nSPS) is 14.0. The summed E-state index contributed by atoms with van der Waals surface area (Å²) in [6.45, 7) is 5.89. The monoisotopic (exact) mass is 464 g/mol. The van der Waals surface area contributed by atoms with Gasteiger partial charge in [-0.1, -0.05) is 35.9 Å². The molecule has 0 bridgehead atoms. The van der Waals surface area contributed by atoms with Crippen LogP contribution in [0.3, 0.4) is 0 Å². The Bertz CT molecular complexity index is 1200. The largest absolute Gasteiger partial charge is 0.434 e. The van der Waals surface area contributed by atoms with Gasteiger partial charge in [0.2, 0.25) is 0 Å². The highest BCUT2D eigenvalue weighted by Gasteiger charge is 2.28. The van der Waals surface area contributed by atoms with Crippen molar-refractivity contribution in [3.05, 3.63) is 81.8 Å². The van der Waals surface area contributed by atoms with E-state index in [9.17, 15) is 9.18 Å². The number of hydrogen-bond donors (Lipinski definition) is 2. The van der Waals surface area contributed by atoms with E-state index in [4.69, 9.17) is 15.5 Å². The molecule has 1 amide bonds. The van der Waals surface area contributed by atoms with Gasteiger partial charge in [0.1, 0.15) is 5.56 Å². The van der Waals surface area contributed by atoms with Gasteiger partial charge in [-0.2, -0.15) is 5.10 Å². The van der Waals surface area contributed by atoms with Crippen molar-refractivity contribution >= 4 is 5.91 Å². The third-order valence-electron chi connectivity index (χ3n) is 5.94. The predicted molar refractivity (Wildman–Crippen MR) is 126 cm³/mol. The lowest BCUT2D eigenvalue weighted by molar-refractivity contribution is 0.0837. The molecule has 2 aromatic carbocycles. The quantitative estimate of drug-likeness (QED) is 0.454. The predicted octanol–water partition coefficient (Wildman–Crippen LogP) is 4.44. The first-order valence-corrected chi connectivity index (χ1v) is 11.3. The van der Waals surface area contributed by atoms with Crippen molar-refractivity contribution in [1.29, 1.82) is 0 Å². The Morgan fingerprint density at radius 2 is 1.97 bits per heavy atom. The van der Waals surface area contributed by atoms with Gasteiger partial charge in [0.25, 0.3) is 11.8 Å². The molecule has 34 heavy (non-hydrogen) atoms. The van der Waals surface area contributed by atoms with E-state index in [0.717, 1.165) is 29.5 Å². The van der Waals surface area contributed by atoms with Gasteiger partial charge in [0.05, 0.1) is 18.3 Å². The van der Waals surface area contributed by atoms with E-state index in [1.807, 2.05) is 26.0 Å². The zero-order valence-corrected chi connectivity index (χ0v) is 19.6. The minimum absolute atomic E-state index is 0.0220. The number of rotatable bonds is 9. The first-order valence-electron chi connectivity index (χ1n) is 11.3. The Balaban J connectivity index is 1.56. The molecule has 0 radical (unpaired) electrons. The number of aryl methyl sites for hydroxylation is 3. The van der Waals surface area contributed by atoms with Crippen molar-refractivity contribution in [3.8, 4) is 11.6 Å². The van der Waals surface area contributed by atoms with Crippen LogP contribution in [0, 0.1) is 26.6 Å². The smallest absolute Gasteiger partial charge is 0.257 e. The number of amides is 1. The number of hydrogen-bond acceptors (Lipinski definition) is 6. The Morgan fingerprint density at radius 3 is 2.68 bits per heavy atom. The fraction of sp³-hybridized carbons (Fsp3) is 0.346. The number of aromatic nitrogens is 2. The van der Waals surface area contributed by atoms with E-state index in [1.165, 1.54) is 6.07 Å². The maximum Gasteiger partial charge on any atom is 0.257 e. The highest BCUT2D eigenvalue weighted by Crippen LogP contribution is 2.43. The summed E-state index contributed by atoms with van der Waals surface area (Å²) in [6.07, 6.45) is 2.45. The highest BCUT2D eigenvalue weighted by molar-refractivity contribution is 5.96. The van der Waals surface area contributed by atoms with E-state index in [1.54, 1.807) is 25.1 Å². The maximum atomic E-state index is 15.0. The van der Waals surface area contributed by atoms with Crippen molar-refractivity contribution < 1.29 is 18.8 Å². The zero-order valence-electron chi connectivity index (χ0n) is 19.6. The Kier molecular flexibility index (Phi) is 7.19. The second-order valence-corrected chi connectivity index (χ2v) is 8.88. The third-order valence-corrected chi connectivity index (χ3v) is 5.94. The lowest BCUT2D eigenvalue weighted by Crippen LogP contribution is -2.41. The summed E-state index contributed by atoms with van der Waals surface area (Å²) in [4.78, 5) is 18.1.